The summed E-state index contributed by atoms with van der Waals surface area (Å²) in [5, 5.41) is 0. The first kappa shape index (κ1) is 15.9. The Morgan fingerprint density at radius 3 is 2.17 bits per heavy atom. The standard InChI is InChI=1S/C17H12FNO4S/c18-15-5-1-2-6-16(15)24(20,21)23-14-10-8-13(9-11-14)22-17-7-3-4-12-19-17/h1-12H. The maximum Gasteiger partial charge on any atom is 0.342 e. The summed E-state index contributed by atoms with van der Waals surface area (Å²) in [6, 6.07) is 16.1. The molecule has 0 saturated carbocycles. The van der Waals surface area contributed by atoms with Crippen LogP contribution < -0.4 is 8.92 Å². The third-order valence-electron chi connectivity index (χ3n) is 3.00. The molecule has 0 radical (unpaired) electrons. The molecule has 7 heteroatoms. The minimum atomic E-state index is -4.24. The van der Waals surface area contributed by atoms with Gasteiger partial charge in [0.25, 0.3) is 0 Å². The number of halogens is 1. The average molecular weight is 345 g/mol. The second-order valence-electron chi connectivity index (χ2n) is 4.71. The highest BCUT2D eigenvalue weighted by Crippen LogP contribution is 2.25. The van der Waals surface area contributed by atoms with Crippen molar-refractivity contribution in [3.05, 3.63) is 78.7 Å². The zero-order chi connectivity index (χ0) is 17.0. The van der Waals surface area contributed by atoms with Gasteiger partial charge in [-0.15, -0.1) is 0 Å². The molecular weight excluding hydrogens is 333 g/mol. The maximum absolute atomic E-state index is 13.6. The molecule has 5 nitrogen and oxygen atoms in total. The van der Waals surface area contributed by atoms with Gasteiger partial charge in [0.2, 0.25) is 5.88 Å². The number of pyridine rings is 1. The van der Waals surface area contributed by atoms with E-state index in [9.17, 15) is 12.8 Å². The molecule has 0 spiro atoms. The normalized spacial score (nSPS) is 11.0. The lowest BCUT2D eigenvalue weighted by atomic mass is 10.3. The van der Waals surface area contributed by atoms with Crippen LogP contribution in [-0.2, 0) is 10.1 Å². The van der Waals surface area contributed by atoms with Gasteiger partial charge in [0.1, 0.15) is 22.2 Å². The van der Waals surface area contributed by atoms with Crippen molar-refractivity contribution in [1.29, 1.82) is 0 Å². The summed E-state index contributed by atoms with van der Waals surface area (Å²) in [6.45, 7) is 0. The fourth-order valence-corrected chi connectivity index (χ4v) is 2.92. The van der Waals surface area contributed by atoms with Gasteiger partial charge in [0.15, 0.2) is 0 Å². The molecule has 0 aliphatic carbocycles. The lowest BCUT2D eigenvalue weighted by Crippen LogP contribution is -2.11. The predicted octanol–water partition coefficient (Wildman–Crippen LogP) is 3.78. The Morgan fingerprint density at radius 2 is 1.50 bits per heavy atom. The van der Waals surface area contributed by atoms with Gasteiger partial charge in [0, 0.05) is 12.3 Å². The van der Waals surface area contributed by atoms with E-state index in [0.717, 1.165) is 12.1 Å². The largest absolute Gasteiger partial charge is 0.439 e. The molecule has 1 heterocycles. The SMILES string of the molecule is O=S(=O)(Oc1ccc(Oc2ccccn2)cc1)c1ccccc1F. The molecule has 0 amide bonds. The van der Waals surface area contributed by atoms with E-state index in [2.05, 4.69) is 4.98 Å². The molecule has 0 aliphatic heterocycles. The summed E-state index contributed by atoms with van der Waals surface area (Å²) in [4.78, 5) is 3.50. The first-order valence-electron chi connectivity index (χ1n) is 6.92. The van der Waals surface area contributed by atoms with E-state index in [1.807, 2.05) is 0 Å². The number of aromatic nitrogens is 1. The molecule has 1 aromatic heterocycles. The van der Waals surface area contributed by atoms with Crippen molar-refractivity contribution in [3.8, 4) is 17.4 Å². The zero-order valence-electron chi connectivity index (χ0n) is 12.3. The van der Waals surface area contributed by atoms with Gasteiger partial charge in [-0.3, -0.25) is 0 Å². The van der Waals surface area contributed by atoms with Crippen LogP contribution in [0.15, 0.2) is 77.8 Å². The highest BCUT2D eigenvalue weighted by molar-refractivity contribution is 7.87. The van der Waals surface area contributed by atoms with Crippen LogP contribution in [0, 0.1) is 5.82 Å². The number of ether oxygens (including phenoxy) is 1. The van der Waals surface area contributed by atoms with Gasteiger partial charge < -0.3 is 8.92 Å². The molecule has 3 aromatic rings. The smallest absolute Gasteiger partial charge is 0.342 e. The Morgan fingerprint density at radius 1 is 0.833 bits per heavy atom. The molecule has 0 atom stereocenters. The second kappa shape index (κ2) is 6.67. The quantitative estimate of drug-likeness (QED) is 0.659. The van der Waals surface area contributed by atoms with Crippen LogP contribution in [-0.4, -0.2) is 13.4 Å². The number of hydrogen-bond acceptors (Lipinski definition) is 5. The third-order valence-corrected chi connectivity index (χ3v) is 4.28. The summed E-state index contributed by atoms with van der Waals surface area (Å²) >= 11 is 0. The van der Waals surface area contributed by atoms with Crippen LogP contribution in [0.1, 0.15) is 0 Å². The molecule has 0 N–H and O–H groups in total. The summed E-state index contributed by atoms with van der Waals surface area (Å²) in [6.07, 6.45) is 1.59. The van der Waals surface area contributed by atoms with Crippen molar-refractivity contribution in [2.45, 2.75) is 4.90 Å². The molecule has 24 heavy (non-hydrogen) atoms. The first-order valence-corrected chi connectivity index (χ1v) is 8.33. The second-order valence-corrected chi connectivity index (χ2v) is 6.22. The summed E-state index contributed by atoms with van der Waals surface area (Å²) in [7, 11) is -4.24. The lowest BCUT2D eigenvalue weighted by Gasteiger charge is -2.09. The van der Waals surface area contributed by atoms with Crippen LogP contribution in [0.5, 0.6) is 17.4 Å². The topological polar surface area (TPSA) is 65.5 Å². The molecule has 2 aromatic carbocycles. The van der Waals surface area contributed by atoms with Gasteiger partial charge in [-0.25, -0.2) is 9.37 Å². The molecule has 0 aliphatic rings. The van der Waals surface area contributed by atoms with E-state index < -0.39 is 20.8 Å². The van der Waals surface area contributed by atoms with Gasteiger partial charge in [-0.2, -0.15) is 8.42 Å². The average Bonchev–Trinajstić information content (AvgIpc) is 2.58. The van der Waals surface area contributed by atoms with Crippen molar-refractivity contribution in [2.75, 3.05) is 0 Å². The van der Waals surface area contributed by atoms with Crippen LogP contribution >= 0.6 is 0 Å². The Bertz CT molecular complexity index is 928. The fraction of sp³-hybridized carbons (Fsp3) is 0. The van der Waals surface area contributed by atoms with Crippen LogP contribution in [0.2, 0.25) is 0 Å². The van der Waals surface area contributed by atoms with Gasteiger partial charge >= 0.3 is 10.1 Å². The monoisotopic (exact) mass is 345 g/mol. The molecule has 0 unspecified atom stereocenters. The van der Waals surface area contributed by atoms with Crippen LogP contribution in [0.25, 0.3) is 0 Å². The predicted molar refractivity (Wildman–Crippen MR) is 85.0 cm³/mol. The highest BCUT2D eigenvalue weighted by Gasteiger charge is 2.20. The molecule has 3 rings (SSSR count). The minimum Gasteiger partial charge on any atom is -0.439 e. The van der Waals surface area contributed by atoms with E-state index in [4.69, 9.17) is 8.92 Å². The van der Waals surface area contributed by atoms with Crippen molar-refractivity contribution in [3.63, 3.8) is 0 Å². The first-order chi connectivity index (χ1) is 11.5. The van der Waals surface area contributed by atoms with Crippen molar-refractivity contribution >= 4 is 10.1 Å². The van der Waals surface area contributed by atoms with E-state index in [0.29, 0.717) is 11.6 Å². The van der Waals surface area contributed by atoms with E-state index in [1.54, 1.807) is 24.4 Å². The molecule has 0 fully saturated rings. The zero-order valence-corrected chi connectivity index (χ0v) is 13.1. The minimum absolute atomic E-state index is 0.0478. The number of benzene rings is 2. The van der Waals surface area contributed by atoms with Crippen molar-refractivity contribution in [1.82, 2.24) is 4.98 Å². The summed E-state index contributed by atoms with van der Waals surface area (Å²) < 4.78 is 48.2. The molecule has 122 valence electrons. The van der Waals surface area contributed by atoms with Crippen LogP contribution in [0.3, 0.4) is 0 Å². The fourth-order valence-electron chi connectivity index (χ4n) is 1.91. The molecular formula is C17H12FNO4S. The van der Waals surface area contributed by atoms with E-state index in [-0.39, 0.29) is 5.75 Å². The third kappa shape index (κ3) is 3.69. The maximum atomic E-state index is 13.6. The van der Waals surface area contributed by atoms with Gasteiger partial charge in [-0.05, 0) is 42.5 Å². The number of rotatable bonds is 5. The molecule has 0 saturated heterocycles. The summed E-state index contributed by atoms with van der Waals surface area (Å²) in [5.41, 5.74) is 0. The van der Waals surface area contributed by atoms with Crippen molar-refractivity contribution in [2.24, 2.45) is 0 Å². The Labute approximate surface area is 138 Å². The van der Waals surface area contributed by atoms with Gasteiger partial charge in [0.05, 0.1) is 0 Å². The summed E-state index contributed by atoms with van der Waals surface area (Å²) in [5.74, 6) is 0.0497. The van der Waals surface area contributed by atoms with Crippen LogP contribution in [0.4, 0.5) is 4.39 Å². The van der Waals surface area contributed by atoms with E-state index >= 15 is 0 Å². The Balaban J connectivity index is 1.76. The number of nitrogens with zero attached hydrogens (tertiary/aromatic N) is 1. The highest BCUT2D eigenvalue weighted by atomic mass is 32.2. The Kier molecular flexibility index (Phi) is 4.43. The molecule has 0 bridgehead atoms. The van der Waals surface area contributed by atoms with Gasteiger partial charge in [-0.1, -0.05) is 18.2 Å². The van der Waals surface area contributed by atoms with E-state index in [1.165, 1.54) is 36.4 Å². The lowest BCUT2D eigenvalue weighted by molar-refractivity contribution is 0.458. The van der Waals surface area contributed by atoms with Crippen molar-refractivity contribution < 1.29 is 21.7 Å². The Hall–Kier alpha value is -2.93. The number of hydrogen-bond donors (Lipinski definition) is 0.